The van der Waals surface area contributed by atoms with E-state index < -0.39 is 0 Å². The van der Waals surface area contributed by atoms with E-state index in [2.05, 4.69) is 37.5 Å². The summed E-state index contributed by atoms with van der Waals surface area (Å²) in [7, 11) is 3.41. The molecule has 2 unspecified atom stereocenters. The highest BCUT2D eigenvalue weighted by Crippen LogP contribution is 2.20. The van der Waals surface area contributed by atoms with Gasteiger partial charge in [-0.2, -0.15) is 0 Å². The molecule has 2 atom stereocenters. The molecule has 0 amide bonds. The van der Waals surface area contributed by atoms with Gasteiger partial charge in [0.2, 0.25) is 5.95 Å². The first-order valence-corrected chi connectivity index (χ1v) is 6.10. The van der Waals surface area contributed by atoms with Crippen molar-refractivity contribution in [1.29, 1.82) is 0 Å². The molecular weight excluding hydrogens is 321 g/mol. The number of nitrogens with zero attached hydrogens (tertiary/aromatic N) is 3. The predicted octanol–water partition coefficient (Wildman–Crippen LogP) is 0.931. The van der Waals surface area contributed by atoms with Crippen LogP contribution in [0, 0.1) is 3.57 Å². The van der Waals surface area contributed by atoms with Crippen LogP contribution in [0.25, 0.3) is 0 Å². The van der Waals surface area contributed by atoms with E-state index in [4.69, 9.17) is 9.47 Å². The summed E-state index contributed by atoms with van der Waals surface area (Å²) < 4.78 is 11.8. The van der Waals surface area contributed by atoms with Crippen molar-refractivity contribution in [2.75, 3.05) is 32.2 Å². The van der Waals surface area contributed by atoms with Crippen molar-refractivity contribution in [3.8, 4) is 0 Å². The Morgan fingerprint density at radius 1 is 1.19 bits per heavy atom. The standard InChI is InChI=1S/C10H14IN3O2/c1-15-8-5-14(6-9(8)16-2)10-12-3-7(11)4-13-10/h3-4,8-9H,5-6H2,1-2H3. The highest BCUT2D eigenvalue weighted by atomic mass is 127. The number of hydrogen-bond acceptors (Lipinski definition) is 5. The van der Waals surface area contributed by atoms with Crippen LogP contribution in [-0.2, 0) is 9.47 Å². The molecule has 1 aliphatic rings. The Bertz CT molecular complexity index is 334. The number of rotatable bonds is 3. The first-order valence-electron chi connectivity index (χ1n) is 5.02. The smallest absolute Gasteiger partial charge is 0.225 e. The topological polar surface area (TPSA) is 47.5 Å². The molecule has 1 aliphatic heterocycles. The van der Waals surface area contributed by atoms with Gasteiger partial charge in [-0.3, -0.25) is 0 Å². The number of ether oxygens (including phenoxy) is 2. The summed E-state index contributed by atoms with van der Waals surface area (Å²) >= 11 is 2.19. The molecule has 0 saturated carbocycles. The summed E-state index contributed by atoms with van der Waals surface area (Å²) in [6.07, 6.45) is 3.80. The van der Waals surface area contributed by atoms with Crippen molar-refractivity contribution in [2.45, 2.75) is 12.2 Å². The quantitative estimate of drug-likeness (QED) is 0.770. The van der Waals surface area contributed by atoms with Crippen LogP contribution in [0.4, 0.5) is 5.95 Å². The van der Waals surface area contributed by atoms with Gasteiger partial charge in [0.25, 0.3) is 0 Å². The molecule has 0 spiro atoms. The molecule has 1 aromatic heterocycles. The molecule has 5 nitrogen and oxygen atoms in total. The van der Waals surface area contributed by atoms with Crippen molar-refractivity contribution in [2.24, 2.45) is 0 Å². The molecule has 2 heterocycles. The van der Waals surface area contributed by atoms with E-state index in [0.717, 1.165) is 22.6 Å². The first-order chi connectivity index (χ1) is 7.74. The Morgan fingerprint density at radius 3 is 2.12 bits per heavy atom. The molecule has 1 aromatic rings. The fourth-order valence-electron chi connectivity index (χ4n) is 1.83. The number of aromatic nitrogens is 2. The van der Waals surface area contributed by atoms with Crippen LogP contribution in [0.15, 0.2) is 12.4 Å². The summed E-state index contributed by atoms with van der Waals surface area (Å²) in [4.78, 5) is 10.7. The zero-order valence-electron chi connectivity index (χ0n) is 9.26. The maximum Gasteiger partial charge on any atom is 0.225 e. The van der Waals surface area contributed by atoms with E-state index in [-0.39, 0.29) is 12.2 Å². The molecule has 0 bridgehead atoms. The van der Waals surface area contributed by atoms with Crippen molar-refractivity contribution in [1.82, 2.24) is 9.97 Å². The van der Waals surface area contributed by atoms with Crippen LogP contribution in [0.5, 0.6) is 0 Å². The average molecular weight is 335 g/mol. The van der Waals surface area contributed by atoms with E-state index in [1.165, 1.54) is 0 Å². The summed E-state index contributed by atoms with van der Waals surface area (Å²) in [5.74, 6) is 0.738. The summed E-state index contributed by atoms with van der Waals surface area (Å²) in [6.45, 7) is 1.55. The molecular formula is C10H14IN3O2. The van der Waals surface area contributed by atoms with Crippen LogP contribution in [-0.4, -0.2) is 49.5 Å². The minimum atomic E-state index is 0.0906. The molecule has 1 saturated heterocycles. The minimum Gasteiger partial charge on any atom is -0.377 e. The van der Waals surface area contributed by atoms with Crippen LogP contribution >= 0.6 is 22.6 Å². The van der Waals surface area contributed by atoms with E-state index in [0.29, 0.717) is 0 Å². The Labute approximate surface area is 108 Å². The van der Waals surface area contributed by atoms with Crippen molar-refractivity contribution in [3.63, 3.8) is 0 Å². The molecule has 0 radical (unpaired) electrons. The maximum absolute atomic E-state index is 5.37. The van der Waals surface area contributed by atoms with Crippen molar-refractivity contribution < 1.29 is 9.47 Å². The van der Waals surface area contributed by atoms with Crippen molar-refractivity contribution in [3.05, 3.63) is 16.0 Å². The second-order valence-corrected chi connectivity index (χ2v) is 4.90. The molecule has 0 aromatic carbocycles. The lowest BCUT2D eigenvalue weighted by Crippen LogP contribution is -2.27. The lowest BCUT2D eigenvalue weighted by molar-refractivity contribution is -0.00461. The molecule has 2 rings (SSSR count). The molecule has 88 valence electrons. The fourth-order valence-corrected chi connectivity index (χ4v) is 2.11. The van der Waals surface area contributed by atoms with Gasteiger partial charge in [-0.25, -0.2) is 9.97 Å². The lowest BCUT2D eigenvalue weighted by Gasteiger charge is -2.14. The number of hydrogen-bond donors (Lipinski definition) is 0. The zero-order chi connectivity index (χ0) is 11.5. The fraction of sp³-hybridized carbons (Fsp3) is 0.600. The normalized spacial score (nSPS) is 25.1. The van der Waals surface area contributed by atoms with Crippen LogP contribution in [0.1, 0.15) is 0 Å². The number of methoxy groups -OCH3 is 2. The first kappa shape index (κ1) is 12.0. The SMILES string of the molecule is COC1CN(c2ncc(I)cn2)CC1OC. The molecule has 1 fully saturated rings. The Morgan fingerprint density at radius 2 is 1.69 bits per heavy atom. The molecule has 0 aliphatic carbocycles. The van der Waals surface area contributed by atoms with Crippen molar-refractivity contribution >= 4 is 28.5 Å². The minimum absolute atomic E-state index is 0.0906. The highest BCUT2D eigenvalue weighted by molar-refractivity contribution is 14.1. The van der Waals surface area contributed by atoms with E-state index in [1.54, 1.807) is 14.2 Å². The maximum atomic E-state index is 5.37. The third-order valence-electron chi connectivity index (χ3n) is 2.71. The van der Waals surface area contributed by atoms with E-state index in [9.17, 15) is 0 Å². The van der Waals surface area contributed by atoms with E-state index in [1.807, 2.05) is 12.4 Å². The van der Waals surface area contributed by atoms with Gasteiger partial charge in [0.15, 0.2) is 0 Å². The summed E-state index contributed by atoms with van der Waals surface area (Å²) in [6, 6.07) is 0. The second kappa shape index (κ2) is 5.24. The zero-order valence-corrected chi connectivity index (χ0v) is 11.4. The number of halogens is 1. The Kier molecular flexibility index (Phi) is 3.93. The van der Waals surface area contributed by atoms with Crippen LogP contribution in [0.2, 0.25) is 0 Å². The van der Waals surface area contributed by atoms with Gasteiger partial charge in [0, 0.05) is 43.3 Å². The second-order valence-electron chi connectivity index (χ2n) is 3.65. The highest BCUT2D eigenvalue weighted by Gasteiger charge is 2.34. The Hall–Kier alpha value is -0.470. The van der Waals surface area contributed by atoms with E-state index >= 15 is 0 Å². The molecule has 6 heteroatoms. The van der Waals surface area contributed by atoms with Gasteiger partial charge >= 0.3 is 0 Å². The molecule has 16 heavy (non-hydrogen) atoms. The van der Waals surface area contributed by atoms with Gasteiger partial charge in [-0.15, -0.1) is 0 Å². The third kappa shape index (κ3) is 2.44. The largest absolute Gasteiger partial charge is 0.377 e. The monoisotopic (exact) mass is 335 g/mol. The van der Waals surface area contributed by atoms with Gasteiger partial charge in [-0.1, -0.05) is 0 Å². The predicted molar refractivity (Wildman–Crippen MR) is 68.6 cm³/mol. The third-order valence-corrected chi connectivity index (χ3v) is 3.27. The van der Waals surface area contributed by atoms with Crippen LogP contribution < -0.4 is 4.90 Å². The lowest BCUT2D eigenvalue weighted by atomic mass is 10.3. The number of anilines is 1. The Balaban J connectivity index is 2.09. The summed E-state index contributed by atoms with van der Waals surface area (Å²) in [5, 5.41) is 0. The average Bonchev–Trinajstić information content (AvgIpc) is 2.73. The van der Waals surface area contributed by atoms with Gasteiger partial charge < -0.3 is 14.4 Å². The summed E-state index contributed by atoms with van der Waals surface area (Å²) in [5.41, 5.74) is 0. The molecule has 0 N–H and O–H groups in total. The van der Waals surface area contributed by atoms with Gasteiger partial charge in [0.1, 0.15) is 12.2 Å². The van der Waals surface area contributed by atoms with Crippen LogP contribution in [0.3, 0.4) is 0 Å². The van der Waals surface area contributed by atoms with Gasteiger partial charge in [-0.05, 0) is 22.6 Å². The van der Waals surface area contributed by atoms with Gasteiger partial charge in [0.05, 0.1) is 0 Å².